The minimum absolute atomic E-state index is 0.130. The molecule has 1 aliphatic heterocycles. The Morgan fingerprint density at radius 1 is 1.24 bits per heavy atom. The highest BCUT2D eigenvalue weighted by Crippen LogP contribution is 2.45. The summed E-state index contributed by atoms with van der Waals surface area (Å²) in [4.78, 5) is 14.8. The van der Waals surface area contributed by atoms with Crippen LogP contribution >= 0.6 is 0 Å². The third-order valence-corrected chi connectivity index (χ3v) is 6.22. The smallest absolute Gasteiger partial charge is 0.307 e. The van der Waals surface area contributed by atoms with E-state index in [1.54, 1.807) is 0 Å². The molecule has 0 spiro atoms. The maximum atomic E-state index is 12.2. The summed E-state index contributed by atoms with van der Waals surface area (Å²) < 4.78 is 5.04. The van der Waals surface area contributed by atoms with E-state index >= 15 is 0 Å². The van der Waals surface area contributed by atoms with Crippen molar-refractivity contribution in [3.8, 4) is 0 Å². The Morgan fingerprint density at radius 2 is 1.88 bits per heavy atom. The zero-order valence-electron chi connectivity index (χ0n) is 16.6. The van der Waals surface area contributed by atoms with Crippen LogP contribution in [-0.2, 0) is 16.1 Å². The summed E-state index contributed by atoms with van der Waals surface area (Å²) in [5.74, 6) is 0.183. The summed E-state index contributed by atoms with van der Waals surface area (Å²) in [6.07, 6.45) is 2.54. The molecule has 0 saturated carbocycles. The molecule has 0 saturated heterocycles. The van der Waals surface area contributed by atoms with Crippen molar-refractivity contribution >= 4 is 5.97 Å². The second-order valence-corrected chi connectivity index (χ2v) is 7.43. The molecule has 0 aromatic heterocycles. The maximum absolute atomic E-state index is 12.2. The fourth-order valence-electron chi connectivity index (χ4n) is 4.47. The normalized spacial score (nSPS) is 27.4. The van der Waals surface area contributed by atoms with E-state index in [1.165, 1.54) is 23.8 Å². The molecule has 3 heteroatoms. The average molecular weight is 344 g/mol. The van der Waals surface area contributed by atoms with Gasteiger partial charge >= 0.3 is 5.97 Å². The molecule has 0 amide bonds. The van der Waals surface area contributed by atoms with Crippen molar-refractivity contribution in [2.24, 2.45) is 5.92 Å². The lowest BCUT2D eigenvalue weighted by atomic mass is 9.70. The molecular weight excluding hydrogens is 310 g/mol. The number of carbonyl (C=O) groups is 1. The number of carbonyl (C=O) groups excluding carboxylic acids is 1. The third kappa shape index (κ3) is 3.82. The van der Waals surface area contributed by atoms with Gasteiger partial charge < -0.3 is 4.74 Å². The predicted molar refractivity (Wildman–Crippen MR) is 103 cm³/mol. The molecular formula is C22H33NO2. The molecule has 0 aliphatic carbocycles. The van der Waals surface area contributed by atoms with Crippen molar-refractivity contribution < 1.29 is 9.53 Å². The highest BCUT2D eigenvalue weighted by Gasteiger charge is 2.47. The van der Waals surface area contributed by atoms with E-state index in [1.807, 2.05) is 0 Å². The number of ether oxygens (including phenoxy) is 1. The highest BCUT2D eigenvalue weighted by molar-refractivity contribution is 5.71. The van der Waals surface area contributed by atoms with E-state index in [0.29, 0.717) is 18.4 Å². The number of hydrogen-bond donors (Lipinski definition) is 0. The first-order valence-electron chi connectivity index (χ1n) is 9.46. The Labute approximate surface area is 153 Å². The third-order valence-electron chi connectivity index (χ3n) is 6.22. The van der Waals surface area contributed by atoms with Gasteiger partial charge in [0.25, 0.3) is 0 Å². The number of nitrogens with zero attached hydrogens (tertiary/aromatic N) is 1. The summed E-state index contributed by atoms with van der Waals surface area (Å²) >= 11 is 0. The van der Waals surface area contributed by atoms with E-state index in [-0.39, 0.29) is 11.5 Å². The van der Waals surface area contributed by atoms with E-state index < -0.39 is 0 Å². The number of benzene rings is 1. The topological polar surface area (TPSA) is 29.5 Å². The summed E-state index contributed by atoms with van der Waals surface area (Å²) in [7, 11) is 1.48. The molecule has 0 fully saturated rings. The minimum Gasteiger partial charge on any atom is -0.469 e. The fourth-order valence-corrected chi connectivity index (χ4v) is 4.47. The van der Waals surface area contributed by atoms with Crippen LogP contribution in [0.2, 0.25) is 0 Å². The molecule has 1 aliphatic rings. The van der Waals surface area contributed by atoms with Crippen LogP contribution in [0, 0.1) is 5.92 Å². The number of methoxy groups -OCH3 is 1. The first-order valence-corrected chi connectivity index (χ1v) is 9.46. The Morgan fingerprint density at radius 3 is 2.40 bits per heavy atom. The molecule has 0 radical (unpaired) electrons. The van der Waals surface area contributed by atoms with Crippen LogP contribution in [0.3, 0.4) is 0 Å². The van der Waals surface area contributed by atoms with Gasteiger partial charge in [-0.1, -0.05) is 62.2 Å². The summed E-state index contributed by atoms with van der Waals surface area (Å²) in [6.45, 7) is 12.1. The first-order chi connectivity index (χ1) is 11.9. The Balaban J connectivity index is 2.51. The summed E-state index contributed by atoms with van der Waals surface area (Å²) in [6, 6.07) is 10.9. The van der Waals surface area contributed by atoms with E-state index in [9.17, 15) is 4.79 Å². The zero-order valence-corrected chi connectivity index (χ0v) is 16.6. The minimum atomic E-state index is -0.244. The van der Waals surface area contributed by atoms with Gasteiger partial charge in [0.05, 0.1) is 13.5 Å². The van der Waals surface area contributed by atoms with Gasteiger partial charge in [0.15, 0.2) is 0 Å². The van der Waals surface area contributed by atoms with Gasteiger partial charge in [0, 0.05) is 18.1 Å². The van der Waals surface area contributed by atoms with Crippen molar-refractivity contribution in [2.75, 3.05) is 7.11 Å². The number of rotatable bonds is 6. The van der Waals surface area contributed by atoms with Gasteiger partial charge in [-0.05, 0) is 38.2 Å². The molecule has 138 valence electrons. The van der Waals surface area contributed by atoms with Crippen LogP contribution in [0.5, 0.6) is 0 Å². The lowest BCUT2D eigenvalue weighted by Crippen LogP contribution is -2.59. The SMILES string of the molecule is CCC1=C(C)[C@@H](C)[C@](C)(CC(=O)OC)N(Cc2ccccc2)[C@H]1CC. The van der Waals surface area contributed by atoms with Crippen LogP contribution in [0.4, 0.5) is 0 Å². The molecule has 1 heterocycles. The molecule has 0 bridgehead atoms. The van der Waals surface area contributed by atoms with Gasteiger partial charge in [0.1, 0.15) is 0 Å². The standard InChI is InChI=1S/C22H33NO2/c1-7-19-16(3)17(4)22(5,14-21(24)25-6)23(20(19)8-2)15-18-12-10-9-11-13-18/h9-13,17,20H,7-8,14-15H2,1-6H3/t17-,20+,22+/m1/s1. The molecule has 2 rings (SSSR count). The van der Waals surface area contributed by atoms with Crippen molar-refractivity contribution in [1.82, 2.24) is 4.90 Å². The molecule has 25 heavy (non-hydrogen) atoms. The largest absolute Gasteiger partial charge is 0.469 e. The molecule has 0 unspecified atom stereocenters. The summed E-state index contributed by atoms with van der Waals surface area (Å²) in [5.41, 5.74) is 4.03. The van der Waals surface area contributed by atoms with E-state index in [2.05, 4.69) is 69.9 Å². The van der Waals surface area contributed by atoms with Gasteiger partial charge in [-0.2, -0.15) is 0 Å². The van der Waals surface area contributed by atoms with Gasteiger partial charge in [-0.25, -0.2) is 0 Å². The second-order valence-electron chi connectivity index (χ2n) is 7.43. The summed E-state index contributed by atoms with van der Waals surface area (Å²) in [5, 5.41) is 0. The monoisotopic (exact) mass is 343 g/mol. The lowest BCUT2D eigenvalue weighted by molar-refractivity contribution is -0.146. The molecule has 3 nitrogen and oxygen atoms in total. The predicted octanol–water partition coefficient (Wildman–Crippen LogP) is 4.97. The maximum Gasteiger partial charge on any atom is 0.307 e. The van der Waals surface area contributed by atoms with E-state index in [0.717, 1.165) is 19.4 Å². The Kier molecular flexibility index (Phi) is 6.45. The average Bonchev–Trinajstić information content (AvgIpc) is 2.63. The van der Waals surface area contributed by atoms with Crippen molar-refractivity contribution in [1.29, 1.82) is 0 Å². The second kappa shape index (κ2) is 8.18. The number of esters is 1. The van der Waals surface area contributed by atoms with Crippen LogP contribution < -0.4 is 0 Å². The van der Waals surface area contributed by atoms with Crippen LogP contribution in [0.25, 0.3) is 0 Å². The molecule has 0 N–H and O–H groups in total. The van der Waals surface area contributed by atoms with Crippen molar-refractivity contribution in [2.45, 2.75) is 72.0 Å². The quantitative estimate of drug-likeness (QED) is 0.540. The van der Waals surface area contributed by atoms with E-state index in [4.69, 9.17) is 4.74 Å². The van der Waals surface area contributed by atoms with Gasteiger partial charge in [-0.3, -0.25) is 9.69 Å². The highest BCUT2D eigenvalue weighted by atomic mass is 16.5. The Bertz CT molecular complexity index is 622. The zero-order chi connectivity index (χ0) is 18.6. The van der Waals surface area contributed by atoms with Crippen molar-refractivity contribution in [3.05, 3.63) is 47.0 Å². The first kappa shape index (κ1) is 19.7. The Hall–Kier alpha value is -1.61. The van der Waals surface area contributed by atoms with Gasteiger partial charge in [0.2, 0.25) is 0 Å². The van der Waals surface area contributed by atoms with Crippen LogP contribution in [0.1, 0.15) is 59.4 Å². The molecule has 1 aromatic rings. The van der Waals surface area contributed by atoms with Crippen molar-refractivity contribution in [3.63, 3.8) is 0 Å². The lowest BCUT2D eigenvalue weighted by Gasteiger charge is -2.54. The van der Waals surface area contributed by atoms with Crippen LogP contribution in [0.15, 0.2) is 41.5 Å². The molecule has 3 atom stereocenters. The molecule has 1 aromatic carbocycles. The number of hydrogen-bond acceptors (Lipinski definition) is 3. The fraction of sp³-hybridized carbons (Fsp3) is 0.591. The van der Waals surface area contributed by atoms with Crippen LogP contribution in [-0.4, -0.2) is 29.6 Å². The van der Waals surface area contributed by atoms with Gasteiger partial charge in [-0.15, -0.1) is 0 Å².